The van der Waals surface area contributed by atoms with Crippen molar-refractivity contribution in [3.63, 3.8) is 0 Å². The number of sulfonamides is 2. The molecule has 1 aliphatic heterocycles. The van der Waals surface area contributed by atoms with Crippen molar-refractivity contribution in [2.75, 3.05) is 0 Å². The molecule has 0 unspecified atom stereocenters. The number of amidine groups is 1. The van der Waals surface area contributed by atoms with Gasteiger partial charge in [0.2, 0.25) is 0 Å². The summed E-state index contributed by atoms with van der Waals surface area (Å²) in [6, 6.07) is 18.7. The van der Waals surface area contributed by atoms with Crippen LogP contribution in [-0.2, 0) is 20.0 Å². The van der Waals surface area contributed by atoms with Gasteiger partial charge in [0, 0.05) is 11.1 Å². The number of benzene rings is 3. The summed E-state index contributed by atoms with van der Waals surface area (Å²) in [6.07, 6.45) is 0. The van der Waals surface area contributed by atoms with E-state index < -0.39 is 26.0 Å². The molecule has 1 heterocycles. The summed E-state index contributed by atoms with van der Waals surface area (Å²) in [4.78, 5) is 13.2. The van der Waals surface area contributed by atoms with Crippen molar-refractivity contribution in [2.24, 2.45) is 4.40 Å². The molecule has 0 aromatic heterocycles. The fourth-order valence-electron chi connectivity index (χ4n) is 3.28. The van der Waals surface area contributed by atoms with E-state index >= 15 is 0 Å². The number of rotatable bonds is 3. The summed E-state index contributed by atoms with van der Waals surface area (Å²) in [7, 11) is -8.45. The molecule has 3 aromatic rings. The number of hydrogen-bond donors (Lipinski definition) is 1. The monoisotopic (exact) mass is 469 g/mol. The third-order valence-corrected chi connectivity index (χ3v) is 7.97. The van der Waals surface area contributed by atoms with Gasteiger partial charge < -0.3 is 0 Å². The predicted octanol–water partition coefficient (Wildman–Crippen LogP) is 2.79. The van der Waals surface area contributed by atoms with Gasteiger partial charge >= 0.3 is 0 Å². The molecule has 4 rings (SSSR count). The van der Waals surface area contributed by atoms with E-state index in [9.17, 15) is 21.6 Å². The molecule has 0 bridgehead atoms. The lowest BCUT2D eigenvalue weighted by Gasteiger charge is -2.24. The molecule has 3 aromatic carbocycles. The Hall–Kier alpha value is -3.50. The number of hydrazine groups is 1. The second-order valence-corrected chi connectivity index (χ2v) is 10.6. The largest absolute Gasteiger partial charge is 0.286 e. The molecule has 1 N–H and O–H groups in total. The Morgan fingerprint density at radius 1 is 0.938 bits per heavy atom. The van der Waals surface area contributed by atoms with E-state index in [1.165, 1.54) is 36.4 Å². The first-order valence-electron chi connectivity index (χ1n) is 9.54. The van der Waals surface area contributed by atoms with E-state index in [2.05, 4.69) is 9.82 Å². The van der Waals surface area contributed by atoms with E-state index in [-0.39, 0.29) is 26.8 Å². The first-order valence-corrected chi connectivity index (χ1v) is 12.4. The van der Waals surface area contributed by atoms with Crippen LogP contribution in [0.1, 0.15) is 27.0 Å². The number of carbonyl (C=O) groups excluding carboxylic acids is 1. The number of carbonyl (C=O) groups is 1. The summed E-state index contributed by atoms with van der Waals surface area (Å²) in [6.45, 7) is 3.35. The molecule has 8 nitrogen and oxygen atoms in total. The van der Waals surface area contributed by atoms with E-state index in [0.29, 0.717) is 15.5 Å². The van der Waals surface area contributed by atoms with Gasteiger partial charge in [0.15, 0.2) is 5.84 Å². The van der Waals surface area contributed by atoms with Crippen molar-refractivity contribution in [1.29, 1.82) is 0 Å². The molecule has 10 heteroatoms. The summed E-state index contributed by atoms with van der Waals surface area (Å²) < 4.78 is 56.2. The van der Waals surface area contributed by atoms with Crippen molar-refractivity contribution in [3.8, 4) is 0 Å². The Balaban J connectivity index is 1.87. The third-order valence-electron chi connectivity index (χ3n) is 4.91. The quantitative estimate of drug-likeness (QED) is 0.590. The van der Waals surface area contributed by atoms with E-state index in [0.717, 1.165) is 0 Å². The number of hydrogen-bond acceptors (Lipinski definition) is 6. The molecule has 0 saturated heterocycles. The van der Waals surface area contributed by atoms with Gasteiger partial charge in [-0.1, -0.05) is 42.5 Å². The van der Waals surface area contributed by atoms with Gasteiger partial charge in [0.05, 0.1) is 4.90 Å². The second-order valence-electron chi connectivity index (χ2n) is 7.23. The summed E-state index contributed by atoms with van der Waals surface area (Å²) in [5, 5.41) is 0. The maximum absolute atomic E-state index is 13.6. The SMILES string of the molecule is Cc1ccc(C)c(S(=O)(=O)N(NC2=NS(=O)(=O)c3ccccc32)C(=O)c2ccccc2)c1. The van der Waals surface area contributed by atoms with Crippen molar-refractivity contribution in [1.82, 2.24) is 9.84 Å². The predicted molar refractivity (Wildman–Crippen MR) is 119 cm³/mol. The van der Waals surface area contributed by atoms with E-state index in [1.54, 1.807) is 50.2 Å². The van der Waals surface area contributed by atoms with Crippen LogP contribution in [0.15, 0.2) is 87.0 Å². The van der Waals surface area contributed by atoms with Crippen LogP contribution >= 0.6 is 0 Å². The fraction of sp³-hybridized carbons (Fsp3) is 0.0909. The van der Waals surface area contributed by atoms with Crippen LogP contribution in [-0.4, -0.2) is 33.0 Å². The first-order chi connectivity index (χ1) is 15.1. The highest BCUT2D eigenvalue weighted by Crippen LogP contribution is 2.27. The maximum atomic E-state index is 13.6. The average Bonchev–Trinajstić information content (AvgIpc) is 3.04. The van der Waals surface area contributed by atoms with Crippen LogP contribution in [0.5, 0.6) is 0 Å². The Bertz CT molecular complexity index is 1460. The highest BCUT2D eigenvalue weighted by molar-refractivity contribution is 7.91. The minimum Gasteiger partial charge on any atom is -0.266 e. The number of nitrogens with zero attached hydrogens (tertiary/aromatic N) is 2. The van der Waals surface area contributed by atoms with Crippen LogP contribution in [0.25, 0.3) is 0 Å². The Kier molecular flexibility index (Phi) is 5.35. The Morgan fingerprint density at radius 3 is 2.31 bits per heavy atom. The zero-order valence-electron chi connectivity index (χ0n) is 17.2. The van der Waals surface area contributed by atoms with Gasteiger partial charge in [-0.05, 0) is 55.3 Å². The van der Waals surface area contributed by atoms with Crippen LogP contribution < -0.4 is 5.43 Å². The molecular formula is C22H19N3O5S2. The van der Waals surface area contributed by atoms with Crippen LogP contribution in [0.4, 0.5) is 0 Å². The zero-order valence-corrected chi connectivity index (χ0v) is 18.8. The topological polar surface area (TPSA) is 113 Å². The second kappa shape index (κ2) is 7.88. The van der Waals surface area contributed by atoms with Crippen molar-refractivity contribution >= 4 is 31.8 Å². The molecule has 0 fully saturated rings. The molecule has 1 amide bonds. The Morgan fingerprint density at radius 2 is 1.59 bits per heavy atom. The van der Waals surface area contributed by atoms with Gasteiger partial charge in [-0.2, -0.15) is 16.8 Å². The third kappa shape index (κ3) is 3.78. The Labute approximate surface area is 186 Å². The van der Waals surface area contributed by atoms with Crippen molar-refractivity contribution in [2.45, 2.75) is 23.6 Å². The van der Waals surface area contributed by atoms with Gasteiger partial charge in [-0.3, -0.25) is 10.2 Å². The van der Waals surface area contributed by atoms with Gasteiger partial charge in [-0.25, -0.2) is 0 Å². The molecule has 1 aliphatic rings. The lowest BCUT2D eigenvalue weighted by molar-refractivity contribution is 0.0838. The van der Waals surface area contributed by atoms with Crippen LogP contribution in [0, 0.1) is 13.8 Å². The molecule has 0 atom stereocenters. The van der Waals surface area contributed by atoms with Crippen LogP contribution in [0.2, 0.25) is 0 Å². The number of nitrogens with one attached hydrogen (secondary N) is 1. The molecular weight excluding hydrogens is 450 g/mol. The standard InChI is InChI=1S/C22H19N3O5S2/c1-15-12-13-16(2)20(14-15)32(29,30)25(22(26)17-8-4-3-5-9-17)23-21-18-10-6-7-11-19(18)31(27,28)24-21/h3-14H,1-2H3,(H,23,24). The number of amides is 1. The van der Waals surface area contributed by atoms with Gasteiger partial charge in [-0.15, -0.1) is 8.81 Å². The molecule has 0 spiro atoms. The van der Waals surface area contributed by atoms with E-state index in [4.69, 9.17) is 0 Å². The minimum atomic E-state index is -4.43. The smallest absolute Gasteiger partial charge is 0.266 e. The molecule has 164 valence electrons. The normalized spacial score (nSPS) is 14.4. The molecule has 32 heavy (non-hydrogen) atoms. The minimum absolute atomic E-state index is 0.0706. The number of aryl methyl sites for hydroxylation is 2. The summed E-state index contributed by atoms with van der Waals surface area (Å²) in [5.41, 5.74) is 3.88. The summed E-state index contributed by atoms with van der Waals surface area (Å²) >= 11 is 0. The van der Waals surface area contributed by atoms with Gasteiger partial charge in [0.25, 0.3) is 26.0 Å². The maximum Gasteiger partial charge on any atom is 0.286 e. The zero-order chi connectivity index (χ0) is 23.1. The highest BCUT2D eigenvalue weighted by Gasteiger charge is 2.36. The van der Waals surface area contributed by atoms with Crippen molar-refractivity contribution < 1.29 is 21.6 Å². The summed E-state index contributed by atoms with van der Waals surface area (Å²) in [5.74, 6) is -1.13. The van der Waals surface area contributed by atoms with E-state index in [1.807, 2.05) is 0 Å². The lowest BCUT2D eigenvalue weighted by Crippen LogP contribution is -2.49. The number of fused-ring (bicyclic) bond motifs is 1. The molecule has 0 radical (unpaired) electrons. The lowest BCUT2D eigenvalue weighted by atomic mass is 10.2. The van der Waals surface area contributed by atoms with Crippen molar-refractivity contribution in [3.05, 3.63) is 95.1 Å². The molecule has 0 aliphatic carbocycles. The first kappa shape index (κ1) is 21.7. The fourth-order valence-corrected chi connectivity index (χ4v) is 5.99. The van der Waals surface area contributed by atoms with Gasteiger partial charge in [0.1, 0.15) is 4.90 Å². The molecule has 0 saturated carbocycles. The van der Waals surface area contributed by atoms with Crippen LogP contribution in [0.3, 0.4) is 0 Å². The highest BCUT2D eigenvalue weighted by atomic mass is 32.2. The average molecular weight is 470 g/mol.